The molecule has 0 fully saturated rings. The summed E-state index contributed by atoms with van der Waals surface area (Å²) in [6, 6.07) is 7.71. The molecule has 0 aliphatic heterocycles. The molecule has 1 aromatic rings. The van der Waals surface area contributed by atoms with E-state index in [-0.39, 0.29) is 0 Å². The minimum Gasteiger partial charge on any atom is -0.122 e. The van der Waals surface area contributed by atoms with E-state index >= 15 is 0 Å². The van der Waals surface area contributed by atoms with E-state index in [1.165, 1.54) is 0 Å². The maximum absolute atomic E-state index is 7.12. The molecule has 0 aromatic heterocycles. The molecule has 0 unspecified atom stereocenters. The Morgan fingerprint density at radius 1 is 1.50 bits per heavy atom. The highest BCUT2D eigenvalue weighted by Gasteiger charge is 1.81. The van der Waals surface area contributed by atoms with Crippen LogP contribution in [0.4, 0.5) is 0 Å². The largest absolute Gasteiger partial charge is 0.122 e. The predicted molar refractivity (Wildman–Crippen MR) is 36.0 cm³/mol. The monoisotopic (exact) mass is 128 g/mol. The van der Waals surface area contributed by atoms with Crippen LogP contribution in [0.2, 0.25) is 0 Å². The SMILES string of the molecule is [3H]c1ccc(CCl)cc1. The van der Waals surface area contributed by atoms with E-state index in [0.717, 1.165) is 5.56 Å². The van der Waals surface area contributed by atoms with Crippen LogP contribution in [0.15, 0.2) is 30.3 Å². The molecule has 0 atom stereocenters. The summed E-state index contributed by atoms with van der Waals surface area (Å²) in [5.74, 6) is 0.528. The van der Waals surface area contributed by atoms with Gasteiger partial charge in [-0.15, -0.1) is 11.6 Å². The summed E-state index contributed by atoms with van der Waals surface area (Å²) in [7, 11) is 0. The second-order valence-corrected chi connectivity index (χ2v) is 1.81. The average molecular weight is 129 g/mol. The van der Waals surface area contributed by atoms with E-state index in [1.54, 1.807) is 12.1 Å². The first-order valence-electron chi connectivity index (χ1n) is 2.94. The van der Waals surface area contributed by atoms with E-state index in [9.17, 15) is 0 Å². The molecule has 0 spiro atoms. The van der Waals surface area contributed by atoms with Crippen molar-refractivity contribution in [1.29, 1.82) is 0 Å². The molecule has 0 aliphatic rings. The van der Waals surface area contributed by atoms with Gasteiger partial charge in [0.15, 0.2) is 0 Å². The molecule has 0 nitrogen and oxygen atoms in total. The maximum Gasteiger partial charge on any atom is 0.0623 e. The molecular formula is C7H7Cl. The van der Waals surface area contributed by atoms with Gasteiger partial charge in [0.05, 0.1) is 1.37 Å². The highest BCUT2D eigenvalue weighted by molar-refractivity contribution is 6.17. The second kappa shape index (κ2) is 2.73. The fourth-order valence-corrected chi connectivity index (χ4v) is 0.689. The summed E-state index contributed by atoms with van der Waals surface area (Å²) in [5.41, 5.74) is 1.06. The molecule has 1 aromatic carbocycles. The third-order valence-electron chi connectivity index (χ3n) is 0.942. The van der Waals surface area contributed by atoms with Gasteiger partial charge in [-0.25, -0.2) is 0 Å². The molecule has 0 aliphatic carbocycles. The zero-order valence-electron chi connectivity index (χ0n) is 5.39. The van der Waals surface area contributed by atoms with Crippen LogP contribution in [-0.2, 0) is 5.88 Å². The Kier molecular flexibility index (Phi) is 1.50. The Morgan fingerprint density at radius 3 is 2.62 bits per heavy atom. The van der Waals surface area contributed by atoms with E-state index in [2.05, 4.69) is 0 Å². The molecule has 0 bridgehead atoms. The van der Waals surface area contributed by atoms with Crippen LogP contribution in [0, 0.1) is 0 Å². The number of benzene rings is 1. The van der Waals surface area contributed by atoms with Crippen LogP contribution in [0.1, 0.15) is 6.93 Å². The number of hydrogen-bond donors (Lipinski definition) is 0. The zero-order valence-corrected chi connectivity index (χ0v) is 5.15. The Morgan fingerprint density at radius 2 is 2.12 bits per heavy atom. The summed E-state index contributed by atoms with van der Waals surface area (Å²) in [6.45, 7) is 0. The molecule has 0 radical (unpaired) electrons. The standard InChI is InChI=1S/C7H7Cl/c8-6-7-4-2-1-3-5-7/h1-5H,6H2/i1T. The highest BCUT2D eigenvalue weighted by Crippen LogP contribution is 2.00. The van der Waals surface area contributed by atoms with Crippen molar-refractivity contribution in [3.8, 4) is 0 Å². The number of alkyl halides is 1. The van der Waals surface area contributed by atoms with Gasteiger partial charge in [0, 0.05) is 5.88 Å². The number of hydrogen-bond acceptors (Lipinski definition) is 0. The average Bonchev–Trinajstić information content (AvgIpc) is 1.90. The van der Waals surface area contributed by atoms with Gasteiger partial charge in [0.25, 0.3) is 0 Å². The molecule has 0 N–H and O–H groups in total. The van der Waals surface area contributed by atoms with Crippen molar-refractivity contribution in [3.63, 3.8) is 0 Å². The third kappa shape index (κ3) is 1.24. The smallest absolute Gasteiger partial charge is 0.0623 e. The lowest BCUT2D eigenvalue weighted by Gasteiger charge is -1.88. The summed E-state index contributed by atoms with van der Waals surface area (Å²) in [6.07, 6.45) is 0. The number of halogens is 1. The van der Waals surface area contributed by atoms with Crippen LogP contribution >= 0.6 is 11.6 Å². The fourth-order valence-electron chi connectivity index (χ4n) is 0.510. The molecule has 0 amide bonds. The minimum atomic E-state index is 0.528. The molecule has 42 valence electrons. The van der Waals surface area contributed by atoms with Crippen molar-refractivity contribution in [1.82, 2.24) is 0 Å². The van der Waals surface area contributed by atoms with Gasteiger partial charge in [0.1, 0.15) is 0 Å². The first-order valence-corrected chi connectivity index (χ1v) is 2.98. The van der Waals surface area contributed by atoms with Crippen LogP contribution in [0.25, 0.3) is 0 Å². The van der Waals surface area contributed by atoms with Gasteiger partial charge in [-0.1, -0.05) is 30.3 Å². The molecule has 8 heavy (non-hydrogen) atoms. The van der Waals surface area contributed by atoms with Crippen LogP contribution in [0.3, 0.4) is 0 Å². The summed E-state index contributed by atoms with van der Waals surface area (Å²) >= 11 is 5.52. The lowest BCUT2D eigenvalue weighted by atomic mass is 10.2. The van der Waals surface area contributed by atoms with Gasteiger partial charge >= 0.3 is 0 Å². The van der Waals surface area contributed by atoms with Crippen LogP contribution in [0.5, 0.6) is 0 Å². The maximum atomic E-state index is 7.12. The molecule has 0 saturated carbocycles. The number of rotatable bonds is 1. The van der Waals surface area contributed by atoms with Crippen molar-refractivity contribution in [2.45, 2.75) is 5.88 Å². The van der Waals surface area contributed by atoms with Gasteiger partial charge in [-0.3, -0.25) is 0 Å². The fraction of sp³-hybridized carbons (Fsp3) is 0.143. The lowest BCUT2D eigenvalue weighted by molar-refractivity contribution is 1.41. The zero-order chi connectivity index (χ0) is 6.69. The van der Waals surface area contributed by atoms with Gasteiger partial charge in [0.2, 0.25) is 0 Å². The summed E-state index contributed by atoms with van der Waals surface area (Å²) < 4.78 is 7.12. The Labute approximate surface area is 55.5 Å². The minimum absolute atomic E-state index is 0.528. The predicted octanol–water partition coefficient (Wildman–Crippen LogP) is 2.43. The van der Waals surface area contributed by atoms with E-state index in [0.29, 0.717) is 11.9 Å². The summed E-state index contributed by atoms with van der Waals surface area (Å²) in [5, 5.41) is 0. The van der Waals surface area contributed by atoms with Gasteiger partial charge in [-0.2, -0.15) is 0 Å². The molecule has 0 heterocycles. The van der Waals surface area contributed by atoms with Crippen molar-refractivity contribution in [2.75, 3.05) is 0 Å². The van der Waals surface area contributed by atoms with Crippen molar-refractivity contribution < 1.29 is 1.37 Å². The quantitative estimate of drug-likeness (QED) is 0.510. The Hall–Kier alpha value is -0.490. The van der Waals surface area contributed by atoms with Crippen LogP contribution in [-0.4, -0.2) is 0 Å². The van der Waals surface area contributed by atoms with E-state index in [1.807, 2.05) is 12.1 Å². The van der Waals surface area contributed by atoms with E-state index < -0.39 is 0 Å². The van der Waals surface area contributed by atoms with Gasteiger partial charge in [-0.05, 0) is 5.56 Å². The normalized spacial score (nSPS) is 10.9. The van der Waals surface area contributed by atoms with Crippen molar-refractivity contribution in [2.24, 2.45) is 0 Å². The lowest BCUT2D eigenvalue weighted by Crippen LogP contribution is -1.71. The van der Waals surface area contributed by atoms with Crippen LogP contribution < -0.4 is 0 Å². The van der Waals surface area contributed by atoms with E-state index in [4.69, 9.17) is 13.0 Å². The summed E-state index contributed by atoms with van der Waals surface area (Å²) in [4.78, 5) is 0. The molecule has 0 saturated heterocycles. The first kappa shape index (κ1) is 4.39. The van der Waals surface area contributed by atoms with Crippen molar-refractivity contribution >= 4 is 11.6 Å². The topological polar surface area (TPSA) is 0 Å². The molecular weight excluding hydrogens is 120 g/mol. The Bertz CT molecular complexity index is 181. The third-order valence-corrected chi connectivity index (χ3v) is 1.25. The molecule has 1 rings (SSSR count). The van der Waals surface area contributed by atoms with Crippen molar-refractivity contribution in [3.05, 3.63) is 35.9 Å². The second-order valence-electron chi connectivity index (χ2n) is 1.54. The molecule has 1 heteroatoms. The highest BCUT2D eigenvalue weighted by atomic mass is 35.5. The van der Waals surface area contributed by atoms with Gasteiger partial charge < -0.3 is 0 Å². The first-order chi connectivity index (χ1) is 4.33. The Balaban J connectivity index is 2.88.